The number of nitrogens with zero attached hydrogens (tertiary/aromatic N) is 2. The van der Waals surface area contributed by atoms with Crippen LogP contribution in [0.3, 0.4) is 0 Å². The van der Waals surface area contributed by atoms with Crippen LogP contribution in [-0.4, -0.2) is 34.2 Å². The molecule has 6 heteroatoms. The summed E-state index contributed by atoms with van der Waals surface area (Å²) < 4.78 is 0. The van der Waals surface area contributed by atoms with Gasteiger partial charge in [0.2, 0.25) is 0 Å². The molecule has 4 saturated carbocycles. The van der Waals surface area contributed by atoms with Crippen molar-refractivity contribution in [2.24, 2.45) is 34.2 Å². The Morgan fingerprint density at radius 1 is 1.32 bits per heavy atom. The number of hydrogen-bond acceptors (Lipinski definition) is 4. The molecule has 2 aromatic rings. The fraction of sp³-hybridized carbons (Fsp3) is 0.636. The number of aromatic nitrogens is 2. The number of aromatic amines is 1. The quantitative estimate of drug-likeness (QED) is 0.426. The summed E-state index contributed by atoms with van der Waals surface area (Å²) in [4.78, 5) is 7.70. The van der Waals surface area contributed by atoms with Gasteiger partial charge in [0.05, 0.1) is 5.71 Å². The van der Waals surface area contributed by atoms with Gasteiger partial charge in [-0.15, -0.1) is 0 Å². The van der Waals surface area contributed by atoms with Crippen molar-refractivity contribution in [1.82, 2.24) is 15.4 Å². The van der Waals surface area contributed by atoms with Crippen LogP contribution < -0.4 is 10.9 Å². The van der Waals surface area contributed by atoms with Gasteiger partial charge < -0.3 is 15.4 Å². The molecule has 4 fully saturated rings. The zero-order chi connectivity index (χ0) is 19.5. The molecule has 2 unspecified atom stereocenters. The van der Waals surface area contributed by atoms with Crippen LogP contribution in [-0.2, 0) is 0 Å². The second-order valence-corrected chi connectivity index (χ2v) is 10.0. The van der Waals surface area contributed by atoms with Crippen LogP contribution in [0.1, 0.15) is 58.4 Å². The maximum atomic E-state index is 9.98. The highest BCUT2D eigenvalue weighted by Crippen LogP contribution is 2.62. The largest absolute Gasteiger partial charge is 0.450 e. The molecule has 4 aliphatic rings. The first kappa shape index (κ1) is 18.2. The highest BCUT2D eigenvalue weighted by molar-refractivity contribution is 6.49. The monoisotopic (exact) mass is 377 g/mol. The van der Waals surface area contributed by atoms with Crippen molar-refractivity contribution in [2.75, 3.05) is 0 Å². The molecule has 28 heavy (non-hydrogen) atoms. The average Bonchev–Trinajstić information content (AvgIpc) is 3.10. The van der Waals surface area contributed by atoms with Crippen molar-refractivity contribution in [3.05, 3.63) is 24.0 Å². The number of pyridine rings is 1. The van der Waals surface area contributed by atoms with E-state index in [1.165, 1.54) is 39.6 Å². The van der Waals surface area contributed by atoms with E-state index in [2.05, 4.69) is 42.2 Å². The van der Waals surface area contributed by atoms with E-state index in [1.807, 2.05) is 6.20 Å². The second kappa shape index (κ2) is 6.62. The van der Waals surface area contributed by atoms with Gasteiger partial charge >= 0.3 is 7.48 Å². The maximum Gasteiger partial charge on any atom is 0.329 e. The molecule has 5 nitrogen and oxygen atoms in total. The Hall–Kier alpha value is -1.82. The third-order valence-electron chi connectivity index (χ3n) is 7.35. The predicted molar refractivity (Wildman–Crippen MR) is 114 cm³/mol. The number of rotatable bonds is 5. The van der Waals surface area contributed by atoms with E-state index < -0.39 is 0 Å². The van der Waals surface area contributed by atoms with Gasteiger partial charge in [-0.1, -0.05) is 6.92 Å². The Balaban J connectivity index is 1.65. The van der Waals surface area contributed by atoms with Gasteiger partial charge in [0.15, 0.2) is 0 Å². The summed E-state index contributed by atoms with van der Waals surface area (Å²) in [5, 5.41) is 16.0. The third-order valence-corrected chi connectivity index (χ3v) is 7.35. The second-order valence-electron chi connectivity index (χ2n) is 10.0. The molecule has 2 heterocycles. The van der Waals surface area contributed by atoms with Crippen LogP contribution in [0.25, 0.3) is 11.0 Å². The first-order chi connectivity index (χ1) is 13.5. The number of fused-ring (bicyclic) bond motifs is 1. The zero-order valence-corrected chi connectivity index (χ0v) is 17.1. The number of hydrazone groups is 1. The van der Waals surface area contributed by atoms with E-state index in [0.717, 1.165) is 33.7 Å². The molecule has 0 amide bonds. The van der Waals surface area contributed by atoms with E-state index in [-0.39, 0.29) is 6.04 Å². The molecule has 147 valence electrons. The summed E-state index contributed by atoms with van der Waals surface area (Å²) in [7, 11) is 1.19. The molecule has 0 aromatic carbocycles. The lowest BCUT2D eigenvalue weighted by Gasteiger charge is -2.59. The molecule has 0 aliphatic heterocycles. The Morgan fingerprint density at radius 2 is 2.07 bits per heavy atom. The first-order valence-corrected chi connectivity index (χ1v) is 10.7. The zero-order valence-electron chi connectivity index (χ0n) is 17.1. The SMILES string of the molecule is CC(C)N/N=C(\c1c([B]O)cnc2[nH]ccc12)C1C2CC3CC1CC(C)(C3)C2. The fourth-order valence-electron chi connectivity index (χ4n) is 6.78. The van der Waals surface area contributed by atoms with Crippen molar-refractivity contribution >= 4 is 29.7 Å². The molecular formula is C22H30BN4O. The first-order valence-electron chi connectivity index (χ1n) is 10.7. The van der Waals surface area contributed by atoms with E-state index in [4.69, 9.17) is 5.10 Å². The number of nitrogens with one attached hydrogen (secondary N) is 2. The molecular weight excluding hydrogens is 347 g/mol. The molecule has 4 aliphatic carbocycles. The van der Waals surface area contributed by atoms with Gasteiger partial charge in [-0.05, 0) is 80.6 Å². The van der Waals surface area contributed by atoms with Crippen molar-refractivity contribution in [3.8, 4) is 0 Å². The summed E-state index contributed by atoms with van der Waals surface area (Å²) in [5.41, 5.74) is 7.64. The van der Waals surface area contributed by atoms with Gasteiger partial charge in [0.25, 0.3) is 0 Å². The van der Waals surface area contributed by atoms with E-state index in [1.54, 1.807) is 6.20 Å². The third kappa shape index (κ3) is 2.88. The summed E-state index contributed by atoms with van der Waals surface area (Å²) in [5.74, 6) is 2.73. The van der Waals surface area contributed by atoms with Crippen LogP contribution in [0, 0.1) is 29.1 Å². The Morgan fingerprint density at radius 3 is 2.71 bits per heavy atom. The highest BCUT2D eigenvalue weighted by Gasteiger charge is 2.54. The lowest BCUT2D eigenvalue weighted by Crippen LogP contribution is -2.53. The summed E-state index contributed by atoms with van der Waals surface area (Å²) >= 11 is 0. The van der Waals surface area contributed by atoms with Crippen LogP contribution in [0.4, 0.5) is 0 Å². The molecule has 3 N–H and O–H groups in total. The van der Waals surface area contributed by atoms with Crippen LogP contribution >= 0.6 is 0 Å². The van der Waals surface area contributed by atoms with Crippen LogP contribution in [0.15, 0.2) is 23.6 Å². The minimum absolute atomic E-state index is 0.273. The summed E-state index contributed by atoms with van der Waals surface area (Å²) in [6.07, 6.45) is 10.4. The van der Waals surface area contributed by atoms with Gasteiger partial charge in [-0.25, -0.2) is 4.98 Å². The maximum absolute atomic E-state index is 9.98. The predicted octanol–water partition coefficient (Wildman–Crippen LogP) is 2.96. The minimum Gasteiger partial charge on any atom is -0.450 e. The van der Waals surface area contributed by atoms with Crippen molar-refractivity contribution in [2.45, 2.75) is 58.9 Å². The molecule has 0 saturated heterocycles. The summed E-state index contributed by atoms with van der Waals surface area (Å²) in [6, 6.07) is 2.34. The molecule has 2 aromatic heterocycles. The molecule has 2 atom stereocenters. The normalized spacial score (nSPS) is 34.4. The van der Waals surface area contributed by atoms with E-state index in [9.17, 15) is 5.02 Å². The molecule has 4 bridgehead atoms. The van der Waals surface area contributed by atoms with Crippen LogP contribution in [0.5, 0.6) is 0 Å². The van der Waals surface area contributed by atoms with Crippen LogP contribution in [0.2, 0.25) is 0 Å². The molecule has 1 radical (unpaired) electrons. The van der Waals surface area contributed by atoms with Crippen molar-refractivity contribution < 1.29 is 5.02 Å². The Kier molecular flexibility index (Phi) is 4.31. The number of hydrogen-bond donors (Lipinski definition) is 3. The lowest BCUT2D eigenvalue weighted by atomic mass is 9.45. The topological polar surface area (TPSA) is 73.3 Å². The van der Waals surface area contributed by atoms with E-state index >= 15 is 0 Å². The Bertz CT molecular complexity index is 904. The van der Waals surface area contributed by atoms with E-state index in [0.29, 0.717) is 23.2 Å². The standard InChI is InChI=1S/C22H30BN4O/c1-12(2)26-27-20(19-16-4-5-24-21(16)25-11-17(19)23-28)18-14-6-13-7-15(18)10-22(3,8-13)9-14/h4-5,11-15,18,26,28H,6-10H2,1-3H3,(H,24,25)/b27-20-. The Labute approximate surface area is 167 Å². The van der Waals surface area contributed by atoms with Gasteiger partial charge in [-0.2, -0.15) is 5.10 Å². The lowest BCUT2D eigenvalue weighted by molar-refractivity contribution is -0.0636. The molecule has 0 spiro atoms. The number of H-pyrrole nitrogens is 1. The van der Waals surface area contributed by atoms with Gasteiger partial charge in [0, 0.05) is 35.3 Å². The van der Waals surface area contributed by atoms with Crippen molar-refractivity contribution in [1.29, 1.82) is 0 Å². The fourth-order valence-corrected chi connectivity index (χ4v) is 6.78. The van der Waals surface area contributed by atoms with Gasteiger partial charge in [-0.3, -0.25) is 0 Å². The smallest absolute Gasteiger partial charge is 0.329 e. The minimum atomic E-state index is 0.273. The average molecular weight is 377 g/mol. The van der Waals surface area contributed by atoms with Crippen molar-refractivity contribution in [3.63, 3.8) is 0 Å². The summed E-state index contributed by atoms with van der Waals surface area (Å²) in [6.45, 7) is 6.74. The molecule has 6 rings (SSSR count). The van der Waals surface area contributed by atoms with Gasteiger partial charge in [0.1, 0.15) is 5.65 Å². The highest BCUT2D eigenvalue weighted by atomic mass is 16.2.